The molecular formula is C16H26N2OS. The molecular weight excluding hydrogens is 268 g/mol. The van der Waals surface area contributed by atoms with E-state index in [9.17, 15) is 10.1 Å². The Morgan fingerprint density at radius 2 is 1.70 bits per heavy atom. The van der Waals surface area contributed by atoms with Crippen LogP contribution >= 0.6 is 11.8 Å². The number of rotatable bonds is 4. The number of hydrogen-bond donors (Lipinski definition) is 1. The zero-order chi connectivity index (χ0) is 14.3. The van der Waals surface area contributed by atoms with Crippen LogP contribution in [0.5, 0.6) is 0 Å². The Morgan fingerprint density at radius 1 is 1.10 bits per heavy atom. The molecule has 0 bridgehead atoms. The highest BCUT2D eigenvalue weighted by Gasteiger charge is 2.32. The fraction of sp³-hybridized carbons (Fsp3) is 0.875. The fourth-order valence-corrected chi connectivity index (χ4v) is 4.45. The number of thioether (sulfide) groups is 1. The molecule has 0 atom stereocenters. The van der Waals surface area contributed by atoms with Gasteiger partial charge < -0.3 is 5.32 Å². The second-order valence-electron chi connectivity index (χ2n) is 6.23. The summed E-state index contributed by atoms with van der Waals surface area (Å²) in [5, 5.41) is 13.2. The van der Waals surface area contributed by atoms with Crippen molar-refractivity contribution in [1.29, 1.82) is 5.26 Å². The van der Waals surface area contributed by atoms with E-state index in [0.717, 1.165) is 25.7 Å². The monoisotopic (exact) mass is 294 g/mol. The molecule has 4 heteroatoms. The molecule has 0 spiro atoms. The van der Waals surface area contributed by atoms with Gasteiger partial charge in [-0.2, -0.15) is 5.26 Å². The quantitative estimate of drug-likeness (QED) is 0.803. The molecule has 0 unspecified atom stereocenters. The largest absolute Gasteiger partial charge is 0.337 e. The van der Waals surface area contributed by atoms with Crippen LogP contribution in [0.15, 0.2) is 0 Å². The summed E-state index contributed by atoms with van der Waals surface area (Å²) in [5.41, 5.74) is -0.583. The lowest BCUT2D eigenvalue weighted by atomic mass is 9.92. The minimum Gasteiger partial charge on any atom is -0.337 e. The van der Waals surface area contributed by atoms with Crippen LogP contribution in [-0.2, 0) is 4.79 Å². The molecule has 2 saturated carbocycles. The molecule has 0 radical (unpaired) electrons. The van der Waals surface area contributed by atoms with E-state index < -0.39 is 5.54 Å². The summed E-state index contributed by atoms with van der Waals surface area (Å²) in [6.45, 7) is 0. The van der Waals surface area contributed by atoms with E-state index in [1.54, 1.807) is 11.8 Å². The molecule has 0 aromatic heterocycles. The third-order valence-electron chi connectivity index (χ3n) is 4.55. The van der Waals surface area contributed by atoms with Crippen molar-refractivity contribution < 1.29 is 4.79 Å². The van der Waals surface area contributed by atoms with Gasteiger partial charge in [-0.25, -0.2) is 0 Å². The summed E-state index contributed by atoms with van der Waals surface area (Å²) in [6.07, 6.45) is 12.6. The molecule has 1 N–H and O–H groups in total. The van der Waals surface area contributed by atoms with E-state index in [1.165, 1.54) is 44.9 Å². The number of carbonyl (C=O) groups is 1. The van der Waals surface area contributed by atoms with Crippen LogP contribution in [-0.4, -0.2) is 22.4 Å². The maximum absolute atomic E-state index is 12.1. The molecule has 0 aromatic carbocycles. The number of carbonyl (C=O) groups excluding carboxylic acids is 1. The van der Waals surface area contributed by atoms with E-state index in [1.807, 2.05) is 0 Å². The molecule has 2 rings (SSSR count). The van der Waals surface area contributed by atoms with Crippen molar-refractivity contribution in [3.63, 3.8) is 0 Å². The van der Waals surface area contributed by atoms with Crippen molar-refractivity contribution in [2.24, 2.45) is 0 Å². The first-order chi connectivity index (χ1) is 9.74. The molecule has 2 aliphatic carbocycles. The Balaban J connectivity index is 1.78. The first kappa shape index (κ1) is 15.7. The lowest BCUT2D eigenvalue weighted by molar-refractivity contribution is -0.120. The van der Waals surface area contributed by atoms with Crippen molar-refractivity contribution in [3.8, 4) is 6.07 Å². The third-order valence-corrected chi connectivity index (χ3v) is 5.92. The summed E-state index contributed by atoms with van der Waals surface area (Å²) in [7, 11) is 0. The van der Waals surface area contributed by atoms with Gasteiger partial charge in [0, 0.05) is 5.25 Å². The third kappa shape index (κ3) is 4.70. The fourth-order valence-electron chi connectivity index (χ4n) is 3.33. The second kappa shape index (κ2) is 7.93. The van der Waals surface area contributed by atoms with E-state index in [4.69, 9.17) is 0 Å². The number of nitrogens with one attached hydrogen (secondary N) is 1. The van der Waals surface area contributed by atoms with Crippen LogP contribution in [0.2, 0.25) is 0 Å². The number of hydrogen-bond acceptors (Lipinski definition) is 3. The van der Waals surface area contributed by atoms with Gasteiger partial charge in [0.2, 0.25) is 5.91 Å². The number of nitriles is 1. The highest BCUT2D eigenvalue weighted by molar-refractivity contribution is 8.00. The van der Waals surface area contributed by atoms with Gasteiger partial charge in [-0.3, -0.25) is 4.79 Å². The average Bonchev–Trinajstić information content (AvgIpc) is 2.72. The molecule has 0 heterocycles. The Morgan fingerprint density at radius 3 is 2.30 bits per heavy atom. The molecule has 112 valence electrons. The molecule has 3 nitrogen and oxygen atoms in total. The Labute approximate surface area is 126 Å². The van der Waals surface area contributed by atoms with Crippen molar-refractivity contribution in [1.82, 2.24) is 5.32 Å². The Hall–Kier alpha value is -0.690. The minimum atomic E-state index is -0.583. The summed E-state index contributed by atoms with van der Waals surface area (Å²) >= 11 is 1.79. The van der Waals surface area contributed by atoms with Gasteiger partial charge in [-0.15, -0.1) is 11.8 Å². The second-order valence-corrected chi connectivity index (χ2v) is 7.52. The summed E-state index contributed by atoms with van der Waals surface area (Å²) in [6, 6.07) is 2.39. The number of nitrogens with zero attached hydrogens (tertiary/aromatic N) is 1. The predicted molar refractivity (Wildman–Crippen MR) is 83.5 cm³/mol. The van der Waals surface area contributed by atoms with Crippen molar-refractivity contribution in [3.05, 3.63) is 0 Å². The molecule has 2 fully saturated rings. The zero-order valence-electron chi connectivity index (χ0n) is 12.3. The average molecular weight is 294 g/mol. The predicted octanol–water partition coefficient (Wildman–Crippen LogP) is 3.79. The standard InChI is InChI=1S/C16H26N2OS/c17-13-16(10-6-1-2-7-11-16)18-15(19)12-20-14-8-4-3-5-9-14/h14H,1-12H2,(H,18,19). The van der Waals surface area contributed by atoms with Crippen molar-refractivity contribution in [2.45, 2.75) is 81.4 Å². The van der Waals surface area contributed by atoms with Crippen LogP contribution < -0.4 is 5.32 Å². The normalized spacial score (nSPS) is 23.6. The van der Waals surface area contributed by atoms with Gasteiger partial charge in [-0.05, 0) is 25.7 Å². The minimum absolute atomic E-state index is 0.0593. The first-order valence-corrected chi connectivity index (χ1v) is 9.13. The van der Waals surface area contributed by atoms with Gasteiger partial charge in [0.05, 0.1) is 11.8 Å². The summed E-state index contributed by atoms with van der Waals surface area (Å²) < 4.78 is 0. The highest BCUT2D eigenvalue weighted by Crippen LogP contribution is 2.29. The Kier molecular flexibility index (Phi) is 6.22. The van der Waals surface area contributed by atoms with E-state index in [0.29, 0.717) is 11.0 Å². The van der Waals surface area contributed by atoms with Crippen LogP contribution in [0.3, 0.4) is 0 Å². The van der Waals surface area contributed by atoms with Gasteiger partial charge in [0.25, 0.3) is 0 Å². The molecule has 0 saturated heterocycles. The smallest absolute Gasteiger partial charge is 0.231 e. The maximum atomic E-state index is 12.1. The van der Waals surface area contributed by atoms with Crippen molar-refractivity contribution >= 4 is 17.7 Å². The van der Waals surface area contributed by atoms with Gasteiger partial charge in [0.1, 0.15) is 5.54 Å². The Bertz CT molecular complexity index is 350. The topological polar surface area (TPSA) is 52.9 Å². The van der Waals surface area contributed by atoms with Gasteiger partial charge >= 0.3 is 0 Å². The van der Waals surface area contributed by atoms with Crippen LogP contribution in [0, 0.1) is 11.3 Å². The molecule has 0 aromatic rings. The van der Waals surface area contributed by atoms with Crippen LogP contribution in [0.4, 0.5) is 0 Å². The van der Waals surface area contributed by atoms with E-state index in [2.05, 4.69) is 11.4 Å². The maximum Gasteiger partial charge on any atom is 0.231 e. The van der Waals surface area contributed by atoms with E-state index in [-0.39, 0.29) is 5.91 Å². The molecule has 0 aliphatic heterocycles. The lowest BCUT2D eigenvalue weighted by Gasteiger charge is -2.27. The van der Waals surface area contributed by atoms with E-state index >= 15 is 0 Å². The molecule has 1 amide bonds. The molecule has 20 heavy (non-hydrogen) atoms. The number of amides is 1. The molecule has 2 aliphatic rings. The van der Waals surface area contributed by atoms with Crippen LogP contribution in [0.25, 0.3) is 0 Å². The van der Waals surface area contributed by atoms with Crippen LogP contribution in [0.1, 0.15) is 70.6 Å². The summed E-state index contributed by atoms with van der Waals surface area (Å²) in [5.74, 6) is 0.581. The summed E-state index contributed by atoms with van der Waals surface area (Å²) in [4.78, 5) is 12.1. The lowest BCUT2D eigenvalue weighted by Crippen LogP contribution is -2.47. The zero-order valence-corrected chi connectivity index (χ0v) is 13.1. The van der Waals surface area contributed by atoms with Gasteiger partial charge in [-0.1, -0.05) is 44.9 Å². The van der Waals surface area contributed by atoms with Gasteiger partial charge in [0.15, 0.2) is 0 Å². The highest BCUT2D eigenvalue weighted by atomic mass is 32.2. The van der Waals surface area contributed by atoms with Crippen molar-refractivity contribution in [2.75, 3.05) is 5.75 Å². The SMILES string of the molecule is N#CC1(NC(=O)CSC2CCCCC2)CCCCCC1. The first-order valence-electron chi connectivity index (χ1n) is 8.08.